The number of hydrogen-bond acceptors (Lipinski definition) is 5. The second kappa shape index (κ2) is 10.3. The van der Waals surface area contributed by atoms with Gasteiger partial charge in [-0.2, -0.15) is 0 Å². The Labute approximate surface area is 213 Å². The summed E-state index contributed by atoms with van der Waals surface area (Å²) in [5, 5.41) is 3.54. The summed E-state index contributed by atoms with van der Waals surface area (Å²) in [4.78, 5) is 14.3. The van der Waals surface area contributed by atoms with Gasteiger partial charge in [0, 0.05) is 31.1 Å². The van der Waals surface area contributed by atoms with Crippen LogP contribution in [0.3, 0.4) is 0 Å². The Morgan fingerprint density at radius 1 is 1.34 bits per heavy atom. The topological polar surface area (TPSA) is 63.3 Å². The molecule has 0 radical (unpaired) electrons. The number of methoxy groups -OCH3 is 1. The van der Waals surface area contributed by atoms with Crippen LogP contribution >= 0.6 is 11.6 Å². The number of fused-ring (bicyclic) bond motifs is 5. The summed E-state index contributed by atoms with van der Waals surface area (Å²) in [6.07, 6.45) is 9.72. The summed E-state index contributed by atoms with van der Waals surface area (Å²) >= 11 is 6.71. The maximum absolute atomic E-state index is 12.2. The fourth-order valence-corrected chi connectivity index (χ4v) is 5.55. The van der Waals surface area contributed by atoms with Gasteiger partial charge in [0.2, 0.25) is 0 Å². The van der Waals surface area contributed by atoms with E-state index in [0.717, 1.165) is 49.1 Å². The molecule has 35 heavy (non-hydrogen) atoms. The van der Waals surface area contributed by atoms with Crippen molar-refractivity contribution in [2.45, 2.75) is 76.7 Å². The molecule has 1 amide bonds. The molecule has 6 nitrogen and oxygen atoms in total. The van der Waals surface area contributed by atoms with Crippen molar-refractivity contribution in [3.05, 3.63) is 58.8 Å². The molecule has 0 aliphatic carbocycles. The molecule has 1 aromatic carbocycles. The highest BCUT2D eigenvalue weighted by Gasteiger charge is 2.57. The van der Waals surface area contributed by atoms with Crippen molar-refractivity contribution in [1.82, 2.24) is 5.32 Å². The molecule has 2 unspecified atom stereocenters. The summed E-state index contributed by atoms with van der Waals surface area (Å²) < 4.78 is 17.4. The number of allylic oxidation sites excluding steroid dienone is 4. The number of hydrogen-bond donors (Lipinski definition) is 1. The highest BCUT2D eigenvalue weighted by atomic mass is 35.5. The van der Waals surface area contributed by atoms with Crippen molar-refractivity contribution >= 4 is 23.4 Å². The molecule has 0 aromatic heterocycles. The average molecular weight is 501 g/mol. The number of rotatable bonds is 1. The van der Waals surface area contributed by atoms with Gasteiger partial charge >= 0.3 is 6.09 Å². The quantitative estimate of drug-likeness (QED) is 0.466. The van der Waals surface area contributed by atoms with Gasteiger partial charge in [0.05, 0.1) is 24.5 Å². The number of carbonyl (C=O) groups is 1. The molecule has 0 saturated carbocycles. The Balaban J connectivity index is 1.63. The van der Waals surface area contributed by atoms with Crippen LogP contribution in [-0.2, 0) is 15.9 Å². The van der Waals surface area contributed by atoms with Crippen LogP contribution in [0.5, 0.6) is 5.75 Å². The van der Waals surface area contributed by atoms with Gasteiger partial charge in [0.15, 0.2) is 0 Å². The van der Waals surface area contributed by atoms with Gasteiger partial charge in [0.1, 0.15) is 16.9 Å². The lowest BCUT2D eigenvalue weighted by atomic mass is 9.86. The van der Waals surface area contributed by atoms with Crippen LogP contribution in [0.4, 0.5) is 10.5 Å². The minimum atomic E-state index is -0.341. The molecule has 5 atom stereocenters. The lowest BCUT2D eigenvalue weighted by molar-refractivity contribution is 0.0221. The van der Waals surface area contributed by atoms with E-state index in [1.807, 2.05) is 18.0 Å². The minimum absolute atomic E-state index is 0.0485. The predicted molar refractivity (Wildman–Crippen MR) is 140 cm³/mol. The molecular formula is C28H37ClN2O4. The number of halogens is 1. The van der Waals surface area contributed by atoms with E-state index in [-0.39, 0.29) is 35.9 Å². The van der Waals surface area contributed by atoms with Crippen LogP contribution in [0.2, 0.25) is 5.02 Å². The van der Waals surface area contributed by atoms with E-state index in [4.69, 9.17) is 25.8 Å². The normalized spacial score (nSPS) is 34.1. The summed E-state index contributed by atoms with van der Waals surface area (Å²) in [7, 11) is 3.63. The number of alkyl carbamates (subject to hydrolysis) is 1. The molecule has 190 valence electrons. The maximum atomic E-state index is 12.2. The Morgan fingerprint density at radius 3 is 2.86 bits per heavy atom. The largest absolute Gasteiger partial charge is 0.495 e. The number of nitrogens with zero attached hydrogens (tertiary/aromatic N) is 1. The first-order valence-electron chi connectivity index (χ1n) is 12.4. The minimum Gasteiger partial charge on any atom is -0.495 e. The maximum Gasteiger partial charge on any atom is 0.407 e. The molecule has 3 heterocycles. The van der Waals surface area contributed by atoms with E-state index >= 15 is 0 Å². The Bertz CT molecular complexity index is 1050. The van der Waals surface area contributed by atoms with E-state index < -0.39 is 0 Å². The van der Waals surface area contributed by atoms with Crippen LogP contribution in [0.1, 0.15) is 52.0 Å². The molecule has 2 fully saturated rings. The van der Waals surface area contributed by atoms with Crippen molar-refractivity contribution in [2.75, 3.05) is 19.1 Å². The first-order chi connectivity index (χ1) is 16.6. The Kier molecular flexibility index (Phi) is 7.53. The van der Waals surface area contributed by atoms with Gasteiger partial charge in [0.25, 0.3) is 0 Å². The second-order valence-electron chi connectivity index (χ2n) is 10.3. The zero-order valence-corrected chi connectivity index (χ0v) is 22.2. The highest BCUT2D eigenvalue weighted by molar-refractivity contribution is 6.34. The van der Waals surface area contributed by atoms with Crippen molar-refractivity contribution in [3.63, 3.8) is 0 Å². The van der Waals surface area contributed by atoms with E-state index in [0.29, 0.717) is 10.8 Å². The molecular weight excluding hydrogens is 464 g/mol. The zero-order chi connectivity index (χ0) is 25.3. The van der Waals surface area contributed by atoms with Crippen LogP contribution in [0.25, 0.3) is 0 Å². The van der Waals surface area contributed by atoms with Gasteiger partial charge in [-0.3, -0.25) is 0 Å². The third-order valence-electron chi connectivity index (χ3n) is 7.57. The molecule has 3 aliphatic rings. The number of benzene rings is 1. The molecule has 1 aromatic rings. The Hall–Kier alpha value is -2.44. The molecule has 1 N–H and O–H groups in total. The SMILES string of the molecule is C=C1CC[C@]2(C)O[C@H]2[C@H](C)C2CC(C/C=C/C=C(\C)Cc3cc(OC)c(Cl)c(c3)N1C)NC(=O)O2. The summed E-state index contributed by atoms with van der Waals surface area (Å²) in [5.41, 5.74) is 3.90. The van der Waals surface area contributed by atoms with Crippen LogP contribution < -0.4 is 15.0 Å². The first kappa shape index (κ1) is 25.6. The van der Waals surface area contributed by atoms with Crippen LogP contribution in [-0.4, -0.2) is 44.1 Å². The molecule has 2 saturated heterocycles. The number of anilines is 1. The lowest BCUT2D eigenvalue weighted by Gasteiger charge is -2.33. The monoisotopic (exact) mass is 500 g/mol. The predicted octanol–water partition coefficient (Wildman–Crippen LogP) is 6.19. The van der Waals surface area contributed by atoms with Gasteiger partial charge in [-0.1, -0.05) is 48.9 Å². The van der Waals surface area contributed by atoms with E-state index in [9.17, 15) is 4.79 Å². The molecule has 4 bridgehead atoms. The second-order valence-corrected chi connectivity index (χ2v) is 10.7. The van der Waals surface area contributed by atoms with Crippen LogP contribution in [0.15, 0.2) is 48.2 Å². The highest BCUT2D eigenvalue weighted by Crippen LogP contribution is 2.48. The van der Waals surface area contributed by atoms with E-state index in [2.05, 4.69) is 57.0 Å². The fourth-order valence-electron chi connectivity index (χ4n) is 5.24. The first-order valence-corrected chi connectivity index (χ1v) is 12.7. The smallest absolute Gasteiger partial charge is 0.407 e. The lowest BCUT2D eigenvalue weighted by Crippen LogP contribution is -2.48. The number of ether oxygens (including phenoxy) is 3. The summed E-state index contributed by atoms with van der Waals surface area (Å²) in [6, 6.07) is 4.16. The average Bonchev–Trinajstić information content (AvgIpc) is 3.50. The van der Waals surface area contributed by atoms with E-state index in [1.54, 1.807) is 7.11 Å². The third kappa shape index (κ3) is 5.70. The molecule has 3 aliphatic heterocycles. The van der Waals surface area contributed by atoms with Crippen molar-refractivity contribution in [3.8, 4) is 5.75 Å². The molecule has 0 spiro atoms. The summed E-state index contributed by atoms with van der Waals surface area (Å²) in [6.45, 7) is 10.7. The van der Waals surface area contributed by atoms with Gasteiger partial charge < -0.3 is 24.4 Å². The van der Waals surface area contributed by atoms with Gasteiger partial charge in [-0.05, 0) is 57.2 Å². The zero-order valence-electron chi connectivity index (χ0n) is 21.4. The van der Waals surface area contributed by atoms with E-state index in [1.165, 1.54) is 5.57 Å². The molecule has 4 rings (SSSR count). The molecule has 7 heteroatoms. The Morgan fingerprint density at radius 2 is 2.11 bits per heavy atom. The fraction of sp³-hybridized carbons (Fsp3) is 0.536. The third-order valence-corrected chi connectivity index (χ3v) is 7.95. The number of carbonyl (C=O) groups excluding carboxylic acids is 1. The van der Waals surface area contributed by atoms with Crippen molar-refractivity contribution in [2.24, 2.45) is 5.92 Å². The van der Waals surface area contributed by atoms with Crippen molar-refractivity contribution in [1.29, 1.82) is 0 Å². The summed E-state index contributed by atoms with van der Waals surface area (Å²) in [5.74, 6) is 0.769. The van der Waals surface area contributed by atoms with Crippen LogP contribution in [0, 0.1) is 5.92 Å². The number of amides is 1. The van der Waals surface area contributed by atoms with Gasteiger partial charge in [-0.25, -0.2) is 4.79 Å². The standard InChI is InChI=1S/C28H37ClN2O4/c1-17-9-7-8-10-21-16-23(34-27(32)30-21)19(3)26-28(4,35-26)12-11-18(2)31(5)22-14-20(13-17)15-24(33-6)25(22)29/h7-9,14-15,19,21,23,26H,2,10-13,16H2,1,3-6H3,(H,30,32)/b8-7+,17-9+/t19-,21?,23?,26+,28+/m1/s1. The van der Waals surface area contributed by atoms with Crippen molar-refractivity contribution < 1.29 is 19.0 Å². The number of epoxide rings is 1. The number of nitrogens with one attached hydrogen (secondary N) is 1. The van der Waals surface area contributed by atoms with Gasteiger partial charge in [-0.15, -0.1) is 0 Å².